The fourth-order valence-corrected chi connectivity index (χ4v) is 3.46. The summed E-state index contributed by atoms with van der Waals surface area (Å²) < 4.78 is 5.87. The second kappa shape index (κ2) is 11.8. The van der Waals surface area contributed by atoms with E-state index in [4.69, 9.17) is 9.84 Å². The van der Waals surface area contributed by atoms with E-state index in [1.165, 1.54) is 17.4 Å². The van der Waals surface area contributed by atoms with E-state index in [1.54, 1.807) is 0 Å². The number of halogens is 1. The first-order valence-corrected chi connectivity index (χ1v) is 9.42. The SMILES string of the molecule is CCc1cccc(OCCN2CCCC(N(CC(=O)O)C(C)=O)CC2)c1.Cl. The van der Waals surface area contributed by atoms with Crippen LogP contribution in [0.1, 0.15) is 38.7 Å². The van der Waals surface area contributed by atoms with Gasteiger partial charge in [0.05, 0.1) is 0 Å². The van der Waals surface area contributed by atoms with E-state index in [1.807, 2.05) is 12.1 Å². The van der Waals surface area contributed by atoms with Crippen molar-refractivity contribution < 1.29 is 19.4 Å². The summed E-state index contributed by atoms with van der Waals surface area (Å²) in [7, 11) is 0. The molecule has 1 aliphatic heterocycles. The van der Waals surface area contributed by atoms with Crippen molar-refractivity contribution in [2.75, 3.05) is 32.8 Å². The van der Waals surface area contributed by atoms with Crippen molar-refractivity contribution in [2.24, 2.45) is 0 Å². The minimum atomic E-state index is -0.955. The molecule has 1 N–H and O–H groups in total. The molecule has 152 valence electrons. The molecule has 0 aromatic heterocycles. The number of likely N-dealkylation sites (tertiary alicyclic amines) is 1. The highest BCUT2D eigenvalue weighted by Gasteiger charge is 2.25. The van der Waals surface area contributed by atoms with Crippen molar-refractivity contribution in [3.05, 3.63) is 29.8 Å². The van der Waals surface area contributed by atoms with Crippen molar-refractivity contribution in [1.82, 2.24) is 9.80 Å². The summed E-state index contributed by atoms with van der Waals surface area (Å²) in [6.45, 7) is 6.63. The molecule has 1 aliphatic rings. The maximum Gasteiger partial charge on any atom is 0.323 e. The minimum Gasteiger partial charge on any atom is -0.492 e. The second-order valence-corrected chi connectivity index (χ2v) is 6.82. The normalized spacial score (nSPS) is 17.5. The van der Waals surface area contributed by atoms with Gasteiger partial charge in [0.25, 0.3) is 0 Å². The number of ether oxygens (including phenoxy) is 1. The Morgan fingerprint density at radius 3 is 2.74 bits per heavy atom. The Balaban J connectivity index is 0.00000364. The van der Waals surface area contributed by atoms with Gasteiger partial charge in [-0.15, -0.1) is 12.4 Å². The third-order valence-corrected chi connectivity index (χ3v) is 4.92. The second-order valence-electron chi connectivity index (χ2n) is 6.82. The molecule has 1 amide bonds. The first-order valence-electron chi connectivity index (χ1n) is 9.42. The summed E-state index contributed by atoms with van der Waals surface area (Å²) in [4.78, 5) is 26.6. The Morgan fingerprint density at radius 1 is 1.30 bits per heavy atom. The van der Waals surface area contributed by atoms with Crippen LogP contribution >= 0.6 is 12.4 Å². The van der Waals surface area contributed by atoms with Gasteiger partial charge in [-0.3, -0.25) is 14.5 Å². The molecule has 6 nitrogen and oxygen atoms in total. The molecule has 0 bridgehead atoms. The number of hydrogen-bond acceptors (Lipinski definition) is 4. The van der Waals surface area contributed by atoms with Gasteiger partial charge in [0.15, 0.2) is 0 Å². The van der Waals surface area contributed by atoms with Gasteiger partial charge in [0.1, 0.15) is 18.9 Å². The van der Waals surface area contributed by atoms with Gasteiger partial charge < -0.3 is 14.7 Å². The van der Waals surface area contributed by atoms with E-state index in [9.17, 15) is 9.59 Å². The van der Waals surface area contributed by atoms with Crippen LogP contribution < -0.4 is 4.74 Å². The Labute approximate surface area is 167 Å². The minimum absolute atomic E-state index is 0. The number of carbonyl (C=O) groups is 2. The number of carboxylic acid groups (broad SMARTS) is 1. The topological polar surface area (TPSA) is 70.1 Å². The molecule has 1 atom stereocenters. The van der Waals surface area contributed by atoms with Gasteiger partial charge in [-0.1, -0.05) is 19.1 Å². The summed E-state index contributed by atoms with van der Waals surface area (Å²) in [6, 6.07) is 8.18. The monoisotopic (exact) mass is 398 g/mol. The van der Waals surface area contributed by atoms with Crippen LogP contribution in [0, 0.1) is 0 Å². The fraction of sp³-hybridized carbons (Fsp3) is 0.600. The lowest BCUT2D eigenvalue weighted by Gasteiger charge is -2.29. The predicted molar refractivity (Wildman–Crippen MR) is 108 cm³/mol. The first kappa shape index (κ1) is 23.2. The number of aliphatic carboxylic acids is 1. The molecule has 1 aromatic carbocycles. The molecule has 1 heterocycles. The summed E-state index contributed by atoms with van der Waals surface area (Å²) in [6.07, 6.45) is 3.61. The number of carbonyl (C=O) groups excluding carboxylic acids is 1. The number of aryl methyl sites for hydroxylation is 1. The van der Waals surface area contributed by atoms with Crippen LogP contribution in [0.3, 0.4) is 0 Å². The number of rotatable bonds is 8. The van der Waals surface area contributed by atoms with Crippen molar-refractivity contribution in [1.29, 1.82) is 0 Å². The third-order valence-electron chi connectivity index (χ3n) is 4.92. The highest BCUT2D eigenvalue weighted by atomic mass is 35.5. The van der Waals surface area contributed by atoms with Crippen LogP contribution in [-0.4, -0.2) is 65.6 Å². The van der Waals surface area contributed by atoms with E-state index in [2.05, 4.69) is 24.0 Å². The average molecular weight is 399 g/mol. The van der Waals surface area contributed by atoms with E-state index in [0.717, 1.165) is 51.1 Å². The van der Waals surface area contributed by atoms with Gasteiger partial charge in [-0.25, -0.2) is 0 Å². The molecular weight excluding hydrogens is 368 g/mol. The maximum absolute atomic E-state index is 11.8. The van der Waals surface area contributed by atoms with Gasteiger partial charge >= 0.3 is 5.97 Å². The highest BCUT2D eigenvalue weighted by molar-refractivity contribution is 5.85. The molecule has 1 saturated heterocycles. The number of carboxylic acids is 1. The molecule has 1 unspecified atom stereocenters. The Bertz CT molecular complexity index is 611. The lowest BCUT2D eigenvalue weighted by atomic mass is 10.1. The van der Waals surface area contributed by atoms with Gasteiger partial charge in [0.2, 0.25) is 5.91 Å². The number of benzene rings is 1. The summed E-state index contributed by atoms with van der Waals surface area (Å²) >= 11 is 0. The van der Waals surface area contributed by atoms with Crippen molar-refractivity contribution >= 4 is 24.3 Å². The Hall–Kier alpha value is -1.79. The van der Waals surface area contributed by atoms with E-state index < -0.39 is 5.97 Å². The van der Waals surface area contributed by atoms with Crippen LogP contribution in [0.2, 0.25) is 0 Å². The molecule has 0 radical (unpaired) electrons. The molecule has 27 heavy (non-hydrogen) atoms. The standard InChI is InChI=1S/C20H30N2O4.ClH/c1-3-17-6-4-8-19(14-17)26-13-12-21-10-5-7-18(9-11-21)22(16(2)23)15-20(24)25;/h4,6,8,14,18H,3,5,7,9-13,15H2,1-2H3,(H,24,25);1H. The van der Waals surface area contributed by atoms with Crippen LogP contribution in [0.5, 0.6) is 5.75 Å². The van der Waals surface area contributed by atoms with Gasteiger partial charge in [0, 0.05) is 26.1 Å². The number of hydrogen-bond donors (Lipinski definition) is 1. The summed E-state index contributed by atoms with van der Waals surface area (Å²) in [5.41, 5.74) is 1.27. The quantitative estimate of drug-likeness (QED) is 0.729. The molecule has 0 aliphatic carbocycles. The molecular formula is C20H31ClN2O4. The fourth-order valence-electron chi connectivity index (χ4n) is 3.46. The molecule has 1 aromatic rings. The van der Waals surface area contributed by atoms with Crippen molar-refractivity contribution in [2.45, 2.75) is 45.6 Å². The van der Waals surface area contributed by atoms with E-state index >= 15 is 0 Å². The first-order chi connectivity index (χ1) is 12.5. The molecule has 0 saturated carbocycles. The highest BCUT2D eigenvalue weighted by Crippen LogP contribution is 2.18. The molecule has 2 rings (SSSR count). The average Bonchev–Trinajstić information content (AvgIpc) is 2.85. The predicted octanol–water partition coefficient (Wildman–Crippen LogP) is 2.84. The smallest absolute Gasteiger partial charge is 0.323 e. The van der Waals surface area contributed by atoms with Crippen LogP contribution in [0.25, 0.3) is 0 Å². The maximum atomic E-state index is 11.8. The number of nitrogens with zero attached hydrogens (tertiary/aromatic N) is 2. The zero-order valence-corrected chi connectivity index (χ0v) is 17.0. The Kier molecular flexibility index (Phi) is 10.2. The van der Waals surface area contributed by atoms with E-state index in [-0.39, 0.29) is 30.9 Å². The third kappa shape index (κ3) is 7.77. The largest absolute Gasteiger partial charge is 0.492 e. The summed E-state index contributed by atoms with van der Waals surface area (Å²) in [5.74, 6) is -0.213. The molecule has 0 spiro atoms. The van der Waals surface area contributed by atoms with Gasteiger partial charge in [-0.05, 0) is 49.9 Å². The van der Waals surface area contributed by atoms with Crippen molar-refractivity contribution in [3.8, 4) is 5.75 Å². The van der Waals surface area contributed by atoms with E-state index in [0.29, 0.717) is 6.61 Å². The lowest BCUT2D eigenvalue weighted by molar-refractivity contribution is -0.145. The zero-order valence-electron chi connectivity index (χ0n) is 16.2. The van der Waals surface area contributed by atoms with Crippen LogP contribution in [0.15, 0.2) is 24.3 Å². The lowest BCUT2D eigenvalue weighted by Crippen LogP contribution is -2.42. The molecule has 7 heteroatoms. The summed E-state index contributed by atoms with van der Waals surface area (Å²) in [5, 5.41) is 9.03. The van der Waals surface area contributed by atoms with Crippen LogP contribution in [0.4, 0.5) is 0 Å². The van der Waals surface area contributed by atoms with Gasteiger partial charge in [-0.2, -0.15) is 0 Å². The zero-order chi connectivity index (χ0) is 18.9. The Morgan fingerprint density at radius 2 is 2.07 bits per heavy atom. The van der Waals surface area contributed by atoms with Crippen LogP contribution in [-0.2, 0) is 16.0 Å². The number of amides is 1. The molecule has 1 fully saturated rings. The van der Waals surface area contributed by atoms with Crippen molar-refractivity contribution in [3.63, 3.8) is 0 Å².